The zero-order chi connectivity index (χ0) is 46.5. The van der Waals surface area contributed by atoms with Crippen LogP contribution < -0.4 is 0 Å². The Morgan fingerprint density at radius 2 is 1.46 bits per heavy atom. The zero-order valence-corrected chi connectivity index (χ0v) is 41.6. The molecule has 18 atom stereocenters. The minimum atomic E-state index is -1.14. The highest BCUT2D eigenvalue weighted by atomic mass is 16.8. The van der Waals surface area contributed by atoms with E-state index in [4.69, 9.17) is 23.7 Å². The van der Waals surface area contributed by atoms with E-state index in [9.17, 15) is 24.9 Å². The van der Waals surface area contributed by atoms with E-state index in [0.29, 0.717) is 44.9 Å². The van der Waals surface area contributed by atoms with Crippen LogP contribution in [0.2, 0.25) is 0 Å². The highest BCUT2D eigenvalue weighted by Gasteiger charge is 2.64. The van der Waals surface area contributed by atoms with Crippen molar-refractivity contribution in [3.8, 4) is 0 Å². The van der Waals surface area contributed by atoms with Gasteiger partial charge in [-0.15, -0.1) is 0 Å². The third-order valence-electron chi connectivity index (χ3n) is 16.9. The molecule has 0 saturated carbocycles. The molecule has 5 aliphatic heterocycles. The SMILES string of the molecule is CCCCCN(CCCCC)[C@H]1C=C[C@]2(O[C@H]([C@@H](CC)C(=O)[C@@H](C)[C@@H](O)[C@H](C)[C@@H]3O[C@@H]([C@@H](CC)C(=O)O)CC[C@@H]3C)[C@@H](C)C[C@H]2C)O[C@@]12CC[C@@](C)([C@H]1CC[C@](O)(CC)[C@H](C)O1)O2. The number of unbranched alkanes of at least 4 members (excludes halogenated alkanes) is 4. The van der Waals surface area contributed by atoms with Gasteiger partial charge in [0.1, 0.15) is 5.78 Å². The predicted octanol–water partition coefficient (Wildman–Crippen LogP) is 9.88. The Morgan fingerprint density at radius 3 is 2.03 bits per heavy atom. The van der Waals surface area contributed by atoms with E-state index in [2.05, 4.69) is 58.6 Å². The summed E-state index contributed by atoms with van der Waals surface area (Å²) in [5, 5.41) is 33.2. The number of ether oxygens (including phenoxy) is 5. The fraction of sp³-hybridized carbons (Fsp3) is 0.923. The number of Topliss-reactive ketones (excluding diaryl/α,β-unsaturated/α-hetero) is 1. The average Bonchev–Trinajstić information content (AvgIpc) is 3.59. The summed E-state index contributed by atoms with van der Waals surface area (Å²) in [5.74, 6) is -5.03. The quantitative estimate of drug-likeness (QED) is 0.0749. The number of nitrogens with zero attached hydrogens (tertiary/aromatic N) is 1. The first-order chi connectivity index (χ1) is 29.8. The summed E-state index contributed by atoms with van der Waals surface area (Å²) in [7, 11) is 0. The van der Waals surface area contributed by atoms with Crippen molar-refractivity contribution in [2.24, 2.45) is 41.4 Å². The van der Waals surface area contributed by atoms with Gasteiger partial charge in [-0.05, 0) is 115 Å². The number of carbonyl (C=O) groups is 2. The molecular formula is C52H91NO10. The Kier molecular flexibility index (Phi) is 18.4. The lowest BCUT2D eigenvalue weighted by Crippen LogP contribution is -2.66. The van der Waals surface area contributed by atoms with Gasteiger partial charge in [0, 0.05) is 30.1 Å². The van der Waals surface area contributed by atoms with Gasteiger partial charge in [0.2, 0.25) is 0 Å². The minimum absolute atomic E-state index is 0.0268. The third kappa shape index (κ3) is 11.1. The Bertz CT molecular complexity index is 1500. The summed E-state index contributed by atoms with van der Waals surface area (Å²) >= 11 is 0. The van der Waals surface area contributed by atoms with E-state index >= 15 is 0 Å². The number of aliphatic hydroxyl groups excluding tert-OH is 1. The summed E-state index contributed by atoms with van der Waals surface area (Å²) in [6, 6.07) is -0.145. The number of hydrogen-bond acceptors (Lipinski definition) is 10. The van der Waals surface area contributed by atoms with Crippen LogP contribution in [0, 0.1) is 41.4 Å². The van der Waals surface area contributed by atoms with Gasteiger partial charge in [-0.2, -0.15) is 0 Å². The number of carbonyl (C=O) groups excluding carboxylic acids is 1. The largest absolute Gasteiger partial charge is 0.481 e. The molecule has 2 spiro atoms. The van der Waals surface area contributed by atoms with E-state index < -0.39 is 64.8 Å². The highest BCUT2D eigenvalue weighted by molar-refractivity contribution is 5.84. The molecule has 364 valence electrons. The second-order valence-corrected chi connectivity index (χ2v) is 21.4. The zero-order valence-electron chi connectivity index (χ0n) is 41.6. The fourth-order valence-corrected chi connectivity index (χ4v) is 12.4. The maximum atomic E-state index is 14.8. The van der Waals surface area contributed by atoms with E-state index in [1.165, 1.54) is 0 Å². The van der Waals surface area contributed by atoms with Crippen molar-refractivity contribution >= 4 is 11.8 Å². The van der Waals surface area contributed by atoms with Crippen molar-refractivity contribution in [2.45, 2.75) is 251 Å². The van der Waals surface area contributed by atoms with Crippen molar-refractivity contribution in [2.75, 3.05) is 13.1 Å². The van der Waals surface area contributed by atoms with Gasteiger partial charge < -0.3 is 39.0 Å². The molecule has 0 aromatic heterocycles. The first-order valence-corrected chi connectivity index (χ1v) is 25.8. The molecule has 0 aromatic rings. The normalized spacial score (nSPS) is 40.8. The van der Waals surface area contributed by atoms with Crippen molar-refractivity contribution in [1.82, 2.24) is 4.90 Å². The van der Waals surface area contributed by atoms with Gasteiger partial charge in [-0.3, -0.25) is 14.5 Å². The molecule has 0 aromatic carbocycles. The minimum Gasteiger partial charge on any atom is -0.481 e. The van der Waals surface area contributed by atoms with Gasteiger partial charge in [0.15, 0.2) is 11.6 Å². The van der Waals surface area contributed by atoms with Crippen LogP contribution in [-0.2, 0) is 33.3 Å². The summed E-state index contributed by atoms with van der Waals surface area (Å²) in [4.78, 5) is 29.5. The van der Waals surface area contributed by atoms with E-state index in [-0.39, 0.29) is 53.8 Å². The molecule has 0 bridgehead atoms. The van der Waals surface area contributed by atoms with Gasteiger partial charge in [0.05, 0.1) is 59.8 Å². The molecule has 5 aliphatic rings. The summed E-state index contributed by atoms with van der Waals surface area (Å²) in [6.45, 7) is 26.7. The van der Waals surface area contributed by atoms with Crippen LogP contribution in [0.3, 0.4) is 0 Å². The predicted molar refractivity (Wildman–Crippen MR) is 247 cm³/mol. The molecule has 5 heterocycles. The Morgan fingerprint density at radius 1 is 0.810 bits per heavy atom. The van der Waals surface area contributed by atoms with Gasteiger partial charge in [-0.1, -0.05) is 101 Å². The highest BCUT2D eigenvalue weighted by Crippen LogP contribution is 2.55. The third-order valence-corrected chi connectivity index (χ3v) is 16.9. The Labute approximate surface area is 382 Å². The number of carboxylic acid groups (broad SMARTS) is 1. The maximum absolute atomic E-state index is 14.8. The van der Waals surface area contributed by atoms with Crippen LogP contribution in [0.4, 0.5) is 0 Å². The maximum Gasteiger partial charge on any atom is 0.309 e. The monoisotopic (exact) mass is 890 g/mol. The van der Waals surface area contributed by atoms with Crippen LogP contribution >= 0.6 is 0 Å². The molecular weight excluding hydrogens is 799 g/mol. The van der Waals surface area contributed by atoms with E-state index in [1.807, 2.05) is 41.5 Å². The number of aliphatic carboxylic acids is 1. The first kappa shape index (κ1) is 52.5. The fourth-order valence-electron chi connectivity index (χ4n) is 12.4. The van der Waals surface area contributed by atoms with E-state index in [0.717, 1.165) is 70.9 Å². The van der Waals surface area contributed by atoms with Crippen LogP contribution in [-0.4, -0.2) is 111 Å². The van der Waals surface area contributed by atoms with Crippen LogP contribution in [0.15, 0.2) is 12.2 Å². The van der Waals surface area contributed by atoms with Crippen molar-refractivity contribution in [3.63, 3.8) is 0 Å². The molecule has 5 rings (SSSR count). The lowest BCUT2D eigenvalue weighted by atomic mass is 9.72. The van der Waals surface area contributed by atoms with Gasteiger partial charge in [0.25, 0.3) is 0 Å². The second kappa shape index (κ2) is 22.1. The molecule has 63 heavy (non-hydrogen) atoms. The molecule has 4 saturated heterocycles. The van der Waals surface area contributed by atoms with Crippen molar-refractivity contribution in [3.05, 3.63) is 12.2 Å². The number of ketones is 1. The summed E-state index contributed by atoms with van der Waals surface area (Å²) in [6.07, 6.45) is 15.2. The standard InChI is InChI=1S/C52H91NO10/c1-13-18-20-30-53(31-21-19-14-2)42-24-27-51(63-52(42)29-28-49(12,62-52)43-25-26-50(58,17-5)38(11)59-43)35(8)32-34(7)47(61-51)40(16-4)45(55)36(9)44(54)37(10)46-33(6)22-23-41(60-46)39(15-3)48(56)57/h24,27,33-44,46-47,54,58H,13-23,25-26,28-32H2,1-12H3,(H,56,57)/t33-,34-,35+,36-,37-,38-,39+,40-,41+,42-,43+,44+,46+,47-,49-,50+,51-,52-/m0/s1. The topological polar surface area (TPSA) is 144 Å². The smallest absolute Gasteiger partial charge is 0.309 e. The molecule has 11 nitrogen and oxygen atoms in total. The van der Waals surface area contributed by atoms with Crippen molar-refractivity contribution in [1.29, 1.82) is 0 Å². The average molecular weight is 890 g/mol. The molecule has 0 aliphatic carbocycles. The number of carboxylic acids is 1. The van der Waals surface area contributed by atoms with Crippen LogP contribution in [0.5, 0.6) is 0 Å². The van der Waals surface area contributed by atoms with Gasteiger partial charge >= 0.3 is 5.97 Å². The number of hydrogen-bond donors (Lipinski definition) is 3. The molecule has 0 unspecified atom stereocenters. The molecule has 0 radical (unpaired) electrons. The Balaban J connectivity index is 1.43. The van der Waals surface area contributed by atoms with Crippen LogP contribution in [0.25, 0.3) is 0 Å². The summed E-state index contributed by atoms with van der Waals surface area (Å²) in [5.41, 5.74) is -1.50. The molecule has 4 fully saturated rings. The van der Waals surface area contributed by atoms with Crippen molar-refractivity contribution < 1.29 is 48.6 Å². The number of rotatable bonds is 21. The second-order valence-electron chi connectivity index (χ2n) is 21.4. The molecule has 11 heteroatoms. The van der Waals surface area contributed by atoms with Gasteiger partial charge in [-0.25, -0.2) is 0 Å². The lowest BCUT2D eigenvalue weighted by Gasteiger charge is -2.56. The van der Waals surface area contributed by atoms with Crippen LogP contribution in [0.1, 0.15) is 186 Å². The molecule has 0 amide bonds. The Hall–Kier alpha value is -1.44. The summed E-state index contributed by atoms with van der Waals surface area (Å²) < 4.78 is 35.6. The first-order valence-electron chi connectivity index (χ1n) is 25.8. The van der Waals surface area contributed by atoms with E-state index in [1.54, 1.807) is 0 Å². The molecule has 3 N–H and O–H groups in total. The number of aliphatic hydroxyl groups is 2. The lowest BCUT2D eigenvalue weighted by molar-refractivity contribution is -0.404.